The van der Waals surface area contributed by atoms with E-state index in [2.05, 4.69) is 15.9 Å². The lowest BCUT2D eigenvalue weighted by molar-refractivity contribution is 0.103. The van der Waals surface area contributed by atoms with Gasteiger partial charge in [-0.05, 0) is 71.2 Å². The third kappa shape index (κ3) is 3.02. The van der Waals surface area contributed by atoms with Gasteiger partial charge in [0.05, 0.1) is 10.0 Å². The van der Waals surface area contributed by atoms with E-state index in [4.69, 9.17) is 23.2 Å². The summed E-state index contributed by atoms with van der Waals surface area (Å²) in [5, 5.41) is 0.970. The van der Waals surface area contributed by atoms with Crippen molar-refractivity contribution in [1.29, 1.82) is 0 Å². The summed E-state index contributed by atoms with van der Waals surface area (Å²) < 4.78 is 0.761. The van der Waals surface area contributed by atoms with Crippen LogP contribution in [-0.4, -0.2) is 5.78 Å². The van der Waals surface area contributed by atoms with Gasteiger partial charge in [0.2, 0.25) is 0 Å². The van der Waals surface area contributed by atoms with Gasteiger partial charge < -0.3 is 0 Å². The molecule has 0 aliphatic heterocycles. The SMILES string of the molecule is Cc1cc(Cl)c(C(=O)c2ccc(Br)c(Cl)c2)cc1C. The monoisotopic (exact) mass is 356 g/mol. The molecule has 0 heterocycles. The maximum absolute atomic E-state index is 12.4. The first kappa shape index (κ1) is 14.6. The van der Waals surface area contributed by atoms with E-state index >= 15 is 0 Å². The van der Waals surface area contributed by atoms with Crippen molar-refractivity contribution in [2.75, 3.05) is 0 Å². The quantitative estimate of drug-likeness (QED) is 0.639. The molecule has 2 rings (SSSR count). The van der Waals surface area contributed by atoms with E-state index in [1.54, 1.807) is 18.2 Å². The van der Waals surface area contributed by atoms with Crippen molar-refractivity contribution in [2.24, 2.45) is 0 Å². The van der Waals surface area contributed by atoms with Crippen LogP contribution in [0.4, 0.5) is 0 Å². The molecule has 98 valence electrons. The fourth-order valence-electron chi connectivity index (χ4n) is 1.75. The topological polar surface area (TPSA) is 17.1 Å². The number of carbonyl (C=O) groups is 1. The van der Waals surface area contributed by atoms with Gasteiger partial charge in [-0.1, -0.05) is 23.2 Å². The Morgan fingerprint density at radius 1 is 1.00 bits per heavy atom. The van der Waals surface area contributed by atoms with Gasteiger partial charge in [0.15, 0.2) is 5.78 Å². The molecule has 0 unspecified atom stereocenters. The molecule has 0 aliphatic rings. The number of benzene rings is 2. The standard InChI is InChI=1S/C15H11BrCl2O/c1-8-5-11(13(17)6-9(8)2)15(19)10-3-4-12(16)14(18)7-10/h3-7H,1-2H3. The van der Waals surface area contributed by atoms with Crippen molar-refractivity contribution in [3.63, 3.8) is 0 Å². The molecule has 0 atom stereocenters. The van der Waals surface area contributed by atoms with Gasteiger partial charge in [-0.2, -0.15) is 0 Å². The van der Waals surface area contributed by atoms with Crippen molar-refractivity contribution in [1.82, 2.24) is 0 Å². The molecule has 0 aliphatic carbocycles. The summed E-state index contributed by atoms with van der Waals surface area (Å²) in [4.78, 5) is 12.4. The normalized spacial score (nSPS) is 10.6. The predicted molar refractivity (Wildman–Crippen MR) is 83.5 cm³/mol. The summed E-state index contributed by atoms with van der Waals surface area (Å²) >= 11 is 15.5. The smallest absolute Gasteiger partial charge is 0.194 e. The van der Waals surface area contributed by atoms with Gasteiger partial charge in [0.25, 0.3) is 0 Å². The first-order chi connectivity index (χ1) is 8.90. The minimum Gasteiger partial charge on any atom is -0.289 e. The van der Waals surface area contributed by atoms with E-state index in [1.807, 2.05) is 26.0 Å². The Morgan fingerprint density at radius 2 is 1.63 bits per heavy atom. The van der Waals surface area contributed by atoms with Crippen molar-refractivity contribution in [2.45, 2.75) is 13.8 Å². The fraction of sp³-hybridized carbons (Fsp3) is 0.133. The molecule has 2 aromatic carbocycles. The number of hydrogen-bond acceptors (Lipinski definition) is 1. The minimum atomic E-state index is -0.123. The first-order valence-corrected chi connectivity index (χ1v) is 7.21. The molecule has 0 saturated heterocycles. The lowest BCUT2D eigenvalue weighted by Gasteiger charge is -2.08. The molecule has 0 spiro atoms. The Balaban J connectivity index is 2.49. The molecule has 0 amide bonds. The number of halogens is 3. The molecule has 19 heavy (non-hydrogen) atoms. The average Bonchev–Trinajstić information content (AvgIpc) is 2.36. The summed E-state index contributed by atoms with van der Waals surface area (Å²) in [5.74, 6) is -0.123. The van der Waals surface area contributed by atoms with Crippen molar-refractivity contribution >= 4 is 44.9 Å². The largest absolute Gasteiger partial charge is 0.289 e. The van der Waals surface area contributed by atoms with Gasteiger partial charge in [-0.15, -0.1) is 0 Å². The second-order valence-electron chi connectivity index (χ2n) is 4.37. The summed E-state index contributed by atoms with van der Waals surface area (Å²) in [6.45, 7) is 3.92. The van der Waals surface area contributed by atoms with E-state index in [1.165, 1.54) is 0 Å². The Bertz CT molecular complexity index is 665. The Morgan fingerprint density at radius 3 is 2.26 bits per heavy atom. The molecule has 0 aromatic heterocycles. The highest BCUT2D eigenvalue weighted by Crippen LogP contribution is 2.27. The van der Waals surface area contributed by atoms with E-state index in [0.717, 1.165) is 15.6 Å². The van der Waals surface area contributed by atoms with E-state index in [9.17, 15) is 4.79 Å². The molecule has 2 aromatic rings. The minimum absolute atomic E-state index is 0.123. The lowest BCUT2D eigenvalue weighted by atomic mass is 9.99. The van der Waals surface area contributed by atoms with Crippen LogP contribution in [0.25, 0.3) is 0 Å². The Hall–Kier alpha value is -0.830. The number of carbonyl (C=O) groups excluding carboxylic acids is 1. The van der Waals surface area contributed by atoms with Crippen LogP contribution in [0.2, 0.25) is 10.0 Å². The second kappa shape index (κ2) is 5.66. The van der Waals surface area contributed by atoms with E-state index in [0.29, 0.717) is 21.2 Å². The molecular formula is C15H11BrCl2O. The zero-order valence-corrected chi connectivity index (χ0v) is 13.5. The number of hydrogen-bond donors (Lipinski definition) is 0. The van der Waals surface area contributed by atoms with Crippen LogP contribution in [0.15, 0.2) is 34.8 Å². The van der Waals surface area contributed by atoms with Crippen LogP contribution in [0.1, 0.15) is 27.0 Å². The molecule has 4 heteroatoms. The lowest BCUT2D eigenvalue weighted by Crippen LogP contribution is -2.03. The van der Waals surface area contributed by atoms with Crippen LogP contribution >= 0.6 is 39.1 Å². The predicted octanol–water partition coefficient (Wildman–Crippen LogP) is 5.60. The fourth-order valence-corrected chi connectivity index (χ4v) is 2.48. The molecule has 0 fully saturated rings. The van der Waals surface area contributed by atoms with Gasteiger partial charge >= 0.3 is 0 Å². The van der Waals surface area contributed by atoms with Gasteiger partial charge in [0.1, 0.15) is 0 Å². The Kier molecular flexibility index (Phi) is 4.34. The Labute approximate surface area is 130 Å². The van der Waals surface area contributed by atoms with Crippen LogP contribution in [0.3, 0.4) is 0 Å². The molecule has 0 bridgehead atoms. The average molecular weight is 358 g/mol. The molecule has 1 nitrogen and oxygen atoms in total. The van der Waals surface area contributed by atoms with E-state index < -0.39 is 0 Å². The summed E-state index contributed by atoms with van der Waals surface area (Å²) in [6.07, 6.45) is 0. The maximum Gasteiger partial charge on any atom is 0.194 e. The summed E-state index contributed by atoms with van der Waals surface area (Å²) in [5.41, 5.74) is 3.13. The zero-order valence-electron chi connectivity index (χ0n) is 10.4. The second-order valence-corrected chi connectivity index (χ2v) is 6.04. The van der Waals surface area contributed by atoms with Crippen LogP contribution in [-0.2, 0) is 0 Å². The van der Waals surface area contributed by atoms with Crippen LogP contribution in [0, 0.1) is 13.8 Å². The highest BCUT2D eigenvalue weighted by molar-refractivity contribution is 9.10. The van der Waals surface area contributed by atoms with Gasteiger partial charge in [0, 0.05) is 15.6 Å². The summed E-state index contributed by atoms with van der Waals surface area (Å²) in [6, 6.07) is 8.74. The molecule has 0 radical (unpaired) electrons. The molecular weight excluding hydrogens is 347 g/mol. The molecule has 0 saturated carbocycles. The number of ketones is 1. The number of rotatable bonds is 2. The van der Waals surface area contributed by atoms with Gasteiger partial charge in [-0.3, -0.25) is 4.79 Å². The van der Waals surface area contributed by atoms with Crippen LogP contribution in [0.5, 0.6) is 0 Å². The van der Waals surface area contributed by atoms with Gasteiger partial charge in [-0.25, -0.2) is 0 Å². The maximum atomic E-state index is 12.4. The van der Waals surface area contributed by atoms with Crippen molar-refractivity contribution in [3.05, 3.63) is 67.1 Å². The number of aryl methyl sites for hydroxylation is 2. The third-order valence-electron chi connectivity index (χ3n) is 3.01. The van der Waals surface area contributed by atoms with Crippen LogP contribution < -0.4 is 0 Å². The van der Waals surface area contributed by atoms with Crippen molar-refractivity contribution < 1.29 is 4.79 Å². The highest BCUT2D eigenvalue weighted by Gasteiger charge is 2.15. The molecule has 0 N–H and O–H groups in total. The first-order valence-electron chi connectivity index (χ1n) is 5.66. The summed E-state index contributed by atoms with van der Waals surface area (Å²) in [7, 11) is 0. The zero-order chi connectivity index (χ0) is 14.2. The van der Waals surface area contributed by atoms with E-state index in [-0.39, 0.29) is 5.78 Å². The van der Waals surface area contributed by atoms with Crippen molar-refractivity contribution in [3.8, 4) is 0 Å². The highest BCUT2D eigenvalue weighted by atomic mass is 79.9. The third-order valence-corrected chi connectivity index (χ3v) is 4.55.